The lowest BCUT2D eigenvalue weighted by Crippen LogP contribution is -2.34. The summed E-state index contributed by atoms with van der Waals surface area (Å²) in [4.78, 5) is 16.8. The van der Waals surface area contributed by atoms with Crippen LogP contribution < -0.4 is 5.32 Å². The molecule has 0 bridgehead atoms. The maximum atomic E-state index is 12.9. The number of hydrogen-bond acceptors (Lipinski definition) is 3. The number of benzene rings is 2. The van der Waals surface area contributed by atoms with E-state index in [1.807, 2.05) is 30.3 Å². The van der Waals surface area contributed by atoms with Crippen LogP contribution in [0.3, 0.4) is 0 Å². The van der Waals surface area contributed by atoms with Crippen LogP contribution >= 0.6 is 27.3 Å². The van der Waals surface area contributed by atoms with Crippen LogP contribution in [-0.2, 0) is 6.42 Å². The highest BCUT2D eigenvalue weighted by Gasteiger charge is 2.28. The van der Waals surface area contributed by atoms with Gasteiger partial charge in [-0.2, -0.15) is 0 Å². The third-order valence-electron chi connectivity index (χ3n) is 5.66. The average molecular weight is 483 g/mol. The van der Waals surface area contributed by atoms with Crippen molar-refractivity contribution in [1.29, 1.82) is 0 Å². The quantitative estimate of drug-likeness (QED) is 0.414. The molecule has 5 heteroatoms. The highest BCUT2D eigenvalue weighted by molar-refractivity contribution is 9.10. The van der Waals surface area contributed by atoms with Gasteiger partial charge in [0.15, 0.2) is 0 Å². The van der Waals surface area contributed by atoms with Crippen molar-refractivity contribution in [1.82, 2.24) is 4.90 Å². The number of carbonyl (C=O) groups is 1. The van der Waals surface area contributed by atoms with E-state index in [1.54, 1.807) is 11.3 Å². The van der Waals surface area contributed by atoms with Crippen molar-refractivity contribution in [2.45, 2.75) is 38.6 Å². The summed E-state index contributed by atoms with van der Waals surface area (Å²) in [5.41, 5.74) is 3.18. The van der Waals surface area contributed by atoms with Gasteiger partial charge in [0.05, 0.1) is 6.04 Å². The second-order valence-corrected chi connectivity index (χ2v) is 9.77. The Labute approximate surface area is 191 Å². The maximum Gasteiger partial charge on any atom is 0.256 e. The predicted octanol–water partition coefficient (Wildman–Crippen LogP) is 6.90. The van der Waals surface area contributed by atoms with Gasteiger partial charge in [-0.1, -0.05) is 59.6 Å². The Morgan fingerprint density at radius 1 is 1.07 bits per heavy atom. The second-order valence-electron chi connectivity index (χ2n) is 7.72. The van der Waals surface area contributed by atoms with E-state index in [-0.39, 0.29) is 11.9 Å². The molecular formula is C25H27BrN2OS. The van der Waals surface area contributed by atoms with Gasteiger partial charge in [-0.25, -0.2) is 0 Å². The number of carbonyl (C=O) groups excluding carboxylic acids is 1. The number of rotatable bonds is 6. The van der Waals surface area contributed by atoms with Gasteiger partial charge < -0.3 is 5.32 Å². The number of hydrogen-bond donors (Lipinski definition) is 1. The number of nitrogens with one attached hydrogen (secondary N) is 1. The molecule has 3 aromatic rings. The second kappa shape index (κ2) is 9.90. The molecule has 1 aliphatic heterocycles. The first-order valence-electron chi connectivity index (χ1n) is 10.6. The zero-order valence-electron chi connectivity index (χ0n) is 17.2. The largest absolute Gasteiger partial charge is 0.313 e. The van der Waals surface area contributed by atoms with E-state index in [4.69, 9.17) is 0 Å². The third-order valence-corrected chi connectivity index (χ3v) is 7.40. The van der Waals surface area contributed by atoms with Gasteiger partial charge in [-0.15, -0.1) is 11.3 Å². The van der Waals surface area contributed by atoms with Crippen LogP contribution in [0, 0.1) is 0 Å². The van der Waals surface area contributed by atoms with Gasteiger partial charge in [0.1, 0.15) is 5.00 Å². The fourth-order valence-electron chi connectivity index (χ4n) is 4.11. The molecule has 1 aromatic heterocycles. The Hall–Kier alpha value is -1.95. The van der Waals surface area contributed by atoms with Crippen molar-refractivity contribution in [2.24, 2.45) is 0 Å². The van der Waals surface area contributed by atoms with Crippen LogP contribution in [0.4, 0.5) is 5.00 Å². The number of thiophene rings is 1. The summed E-state index contributed by atoms with van der Waals surface area (Å²) in [6.45, 7) is 4.35. The number of amides is 1. The summed E-state index contributed by atoms with van der Waals surface area (Å²) in [5, 5.41) is 4.20. The first-order chi connectivity index (χ1) is 14.7. The minimum Gasteiger partial charge on any atom is -0.313 e. The Morgan fingerprint density at radius 3 is 2.43 bits per heavy atom. The molecule has 3 nitrogen and oxygen atoms in total. The molecule has 1 amide bonds. The van der Waals surface area contributed by atoms with Crippen LogP contribution in [0.5, 0.6) is 0 Å². The SMILES string of the molecule is CCc1cc([C@H](c2ccc(Br)cc2)N2CCCCC2)c(NC(=O)c2ccccc2)s1. The van der Waals surface area contributed by atoms with Crippen molar-refractivity contribution >= 4 is 38.2 Å². The van der Waals surface area contributed by atoms with Crippen molar-refractivity contribution in [3.63, 3.8) is 0 Å². The molecule has 2 heterocycles. The molecular weight excluding hydrogens is 456 g/mol. The van der Waals surface area contributed by atoms with E-state index >= 15 is 0 Å². The molecule has 2 aromatic carbocycles. The lowest BCUT2D eigenvalue weighted by molar-refractivity contribution is 0.102. The van der Waals surface area contributed by atoms with Gasteiger partial charge in [0, 0.05) is 20.5 Å². The standard InChI is InChI=1S/C25H27BrN2OS/c1-2-21-17-22(25(30-21)27-24(29)19-9-5-3-6-10-19)23(28-15-7-4-8-16-28)18-11-13-20(26)14-12-18/h3,5-6,9-14,17,23H,2,4,7-8,15-16H2,1H3,(H,27,29)/t23-/m0/s1. The van der Waals surface area contributed by atoms with Crippen molar-refractivity contribution < 1.29 is 4.79 Å². The number of likely N-dealkylation sites (tertiary alicyclic amines) is 1. The summed E-state index contributed by atoms with van der Waals surface area (Å²) >= 11 is 5.27. The predicted molar refractivity (Wildman–Crippen MR) is 130 cm³/mol. The minimum atomic E-state index is -0.0467. The van der Waals surface area contributed by atoms with E-state index in [0.29, 0.717) is 5.56 Å². The number of aryl methyl sites for hydroxylation is 1. The van der Waals surface area contributed by atoms with Gasteiger partial charge in [0.2, 0.25) is 0 Å². The molecule has 30 heavy (non-hydrogen) atoms. The van der Waals surface area contributed by atoms with Crippen LogP contribution in [0.25, 0.3) is 0 Å². The molecule has 1 aliphatic rings. The van der Waals surface area contributed by atoms with E-state index in [0.717, 1.165) is 29.0 Å². The van der Waals surface area contributed by atoms with Crippen LogP contribution in [0.15, 0.2) is 65.1 Å². The van der Waals surface area contributed by atoms with E-state index in [2.05, 4.69) is 63.4 Å². The van der Waals surface area contributed by atoms with E-state index < -0.39 is 0 Å². The van der Waals surface area contributed by atoms with Gasteiger partial charge in [-0.05, 0) is 68.2 Å². The lowest BCUT2D eigenvalue weighted by Gasteiger charge is -2.35. The summed E-state index contributed by atoms with van der Waals surface area (Å²) in [6.07, 6.45) is 4.71. The van der Waals surface area contributed by atoms with Crippen molar-refractivity contribution in [3.8, 4) is 0 Å². The summed E-state index contributed by atoms with van der Waals surface area (Å²) in [6, 6.07) is 20.5. The zero-order chi connectivity index (χ0) is 20.9. The van der Waals surface area contributed by atoms with Gasteiger partial charge in [0.25, 0.3) is 5.91 Å². The molecule has 156 valence electrons. The molecule has 1 saturated heterocycles. The van der Waals surface area contributed by atoms with Crippen LogP contribution in [0.1, 0.15) is 58.6 Å². The average Bonchev–Trinajstić information content (AvgIpc) is 3.19. The van der Waals surface area contributed by atoms with E-state index in [1.165, 1.54) is 35.3 Å². The first kappa shape index (κ1) is 21.3. The van der Waals surface area contributed by atoms with Crippen LogP contribution in [-0.4, -0.2) is 23.9 Å². The highest BCUT2D eigenvalue weighted by Crippen LogP contribution is 2.40. The highest BCUT2D eigenvalue weighted by atomic mass is 79.9. The van der Waals surface area contributed by atoms with Crippen LogP contribution in [0.2, 0.25) is 0 Å². The molecule has 0 unspecified atom stereocenters. The summed E-state index contributed by atoms with van der Waals surface area (Å²) < 4.78 is 1.08. The topological polar surface area (TPSA) is 32.3 Å². The number of anilines is 1. The lowest BCUT2D eigenvalue weighted by atomic mass is 9.96. The fraction of sp³-hybridized carbons (Fsp3) is 0.320. The van der Waals surface area contributed by atoms with Gasteiger partial charge in [-0.3, -0.25) is 9.69 Å². The van der Waals surface area contributed by atoms with Gasteiger partial charge >= 0.3 is 0 Å². The monoisotopic (exact) mass is 482 g/mol. The third kappa shape index (κ3) is 4.85. The summed E-state index contributed by atoms with van der Waals surface area (Å²) in [5.74, 6) is -0.0467. The van der Waals surface area contributed by atoms with Crippen molar-refractivity contribution in [3.05, 3.63) is 86.7 Å². The first-order valence-corrected chi connectivity index (χ1v) is 12.2. The summed E-state index contributed by atoms with van der Waals surface area (Å²) in [7, 11) is 0. The normalized spacial score (nSPS) is 15.7. The molecule has 1 atom stereocenters. The molecule has 0 aliphatic carbocycles. The molecule has 1 fully saturated rings. The number of halogens is 1. The smallest absolute Gasteiger partial charge is 0.256 e. The molecule has 4 rings (SSSR count). The molecule has 0 radical (unpaired) electrons. The van der Waals surface area contributed by atoms with E-state index in [9.17, 15) is 4.79 Å². The van der Waals surface area contributed by atoms with Crippen molar-refractivity contribution in [2.75, 3.05) is 18.4 Å². The maximum absolute atomic E-state index is 12.9. The Bertz CT molecular complexity index is 978. The fourth-order valence-corrected chi connectivity index (χ4v) is 5.40. The molecule has 1 N–H and O–H groups in total. The zero-order valence-corrected chi connectivity index (χ0v) is 19.6. The Balaban J connectivity index is 1.73. The minimum absolute atomic E-state index is 0.0467. The number of nitrogens with zero attached hydrogens (tertiary/aromatic N) is 1. The number of piperidine rings is 1. The Morgan fingerprint density at radius 2 is 1.77 bits per heavy atom. The molecule has 0 saturated carbocycles. The molecule has 0 spiro atoms. The Kier molecular flexibility index (Phi) is 7.03.